The van der Waals surface area contributed by atoms with E-state index in [0.29, 0.717) is 6.61 Å². The number of nitrogens with one attached hydrogen (secondary N) is 1. The van der Waals surface area contributed by atoms with Crippen LogP contribution in [0, 0.1) is 0 Å². The Morgan fingerprint density at radius 3 is 3.00 bits per heavy atom. The highest BCUT2D eigenvalue weighted by Crippen LogP contribution is 2.00. The first-order chi connectivity index (χ1) is 5.79. The smallest absolute Gasteiger partial charge is 0.325 e. The zero-order valence-corrected chi connectivity index (χ0v) is 6.86. The molecule has 0 saturated carbocycles. The number of nitrogens with zero attached hydrogens (tertiary/aromatic N) is 1. The lowest BCUT2D eigenvalue weighted by Gasteiger charge is -2.12. The second kappa shape index (κ2) is 4.08. The molecule has 1 aromatic heterocycles. The predicted molar refractivity (Wildman–Crippen MR) is 43.1 cm³/mol. The maximum Gasteiger partial charge on any atom is 0.325 e. The van der Waals surface area contributed by atoms with E-state index in [2.05, 4.69) is 4.98 Å². The van der Waals surface area contributed by atoms with E-state index in [4.69, 9.17) is 9.84 Å². The van der Waals surface area contributed by atoms with Gasteiger partial charge in [-0.3, -0.25) is 4.57 Å². The van der Waals surface area contributed by atoms with Gasteiger partial charge in [0.05, 0.1) is 19.3 Å². The molecule has 68 valence electrons. The van der Waals surface area contributed by atoms with Crippen molar-refractivity contribution >= 4 is 0 Å². The molecule has 0 fully saturated rings. The maximum absolute atomic E-state index is 11.0. The molecule has 1 atom stereocenters. The zero-order valence-electron chi connectivity index (χ0n) is 6.86. The molecule has 12 heavy (non-hydrogen) atoms. The van der Waals surface area contributed by atoms with Crippen LogP contribution >= 0.6 is 0 Å². The van der Waals surface area contributed by atoms with Crippen molar-refractivity contribution in [1.82, 2.24) is 9.55 Å². The number of rotatable bonds is 4. The monoisotopic (exact) mass is 172 g/mol. The number of methoxy groups -OCH3 is 1. The van der Waals surface area contributed by atoms with E-state index in [9.17, 15) is 4.79 Å². The summed E-state index contributed by atoms with van der Waals surface area (Å²) in [7, 11) is 1.53. The lowest BCUT2D eigenvalue weighted by atomic mass is 10.3. The van der Waals surface area contributed by atoms with Crippen LogP contribution in [0.5, 0.6) is 0 Å². The number of H-pyrrole nitrogens is 1. The summed E-state index contributed by atoms with van der Waals surface area (Å²) in [6.07, 6.45) is 3.11. The molecule has 0 saturated heterocycles. The van der Waals surface area contributed by atoms with Gasteiger partial charge in [-0.05, 0) is 0 Å². The fraction of sp³-hybridized carbons (Fsp3) is 0.571. The SMILES string of the molecule is COCC(CO)n1cc[nH]c1=O. The summed E-state index contributed by atoms with van der Waals surface area (Å²) < 4.78 is 6.25. The van der Waals surface area contributed by atoms with Crippen molar-refractivity contribution in [3.05, 3.63) is 22.9 Å². The first-order valence-corrected chi connectivity index (χ1v) is 3.65. The van der Waals surface area contributed by atoms with Gasteiger partial charge in [0.2, 0.25) is 0 Å². The Bertz CT molecular complexity index is 278. The lowest BCUT2D eigenvalue weighted by molar-refractivity contribution is 0.113. The van der Waals surface area contributed by atoms with Crippen molar-refractivity contribution in [1.29, 1.82) is 0 Å². The highest BCUT2D eigenvalue weighted by molar-refractivity contribution is 4.81. The average molecular weight is 172 g/mol. The van der Waals surface area contributed by atoms with E-state index in [1.54, 1.807) is 6.20 Å². The summed E-state index contributed by atoms with van der Waals surface area (Å²) in [4.78, 5) is 13.5. The molecule has 1 heterocycles. The molecule has 0 bridgehead atoms. The van der Waals surface area contributed by atoms with E-state index in [0.717, 1.165) is 0 Å². The van der Waals surface area contributed by atoms with Crippen molar-refractivity contribution in [2.75, 3.05) is 20.3 Å². The summed E-state index contributed by atoms with van der Waals surface area (Å²) in [5, 5.41) is 8.90. The van der Waals surface area contributed by atoms with E-state index in [-0.39, 0.29) is 18.3 Å². The maximum atomic E-state index is 11.0. The van der Waals surface area contributed by atoms with Crippen LogP contribution < -0.4 is 5.69 Å². The van der Waals surface area contributed by atoms with Gasteiger partial charge in [0.25, 0.3) is 0 Å². The number of ether oxygens (including phenoxy) is 1. The molecular weight excluding hydrogens is 160 g/mol. The molecule has 0 amide bonds. The molecule has 0 aliphatic heterocycles. The molecular formula is C7H12N2O3. The van der Waals surface area contributed by atoms with Gasteiger partial charge in [-0.2, -0.15) is 0 Å². The van der Waals surface area contributed by atoms with Crippen LogP contribution in [0.4, 0.5) is 0 Å². The Labute approximate surface area is 69.6 Å². The molecule has 5 heteroatoms. The number of imidazole rings is 1. The van der Waals surface area contributed by atoms with Crippen LogP contribution in [0.1, 0.15) is 6.04 Å². The van der Waals surface area contributed by atoms with Crippen molar-refractivity contribution in [2.45, 2.75) is 6.04 Å². The second-order valence-corrected chi connectivity index (χ2v) is 2.46. The van der Waals surface area contributed by atoms with Crippen LogP contribution in [-0.4, -0.2) is 35.0 Å². The highest BCUT2D eigenvalue weighted by Gasteiger charge is 2.10. The van der Waals surface area contributed by atoms with Gasteiger partial charge < -0.3 is 14.8 Å². The largest absolute Gasteiger partial charge is 0.394 e. The minimum Gasteiger partial charge on any atom is -0.394 e. The van der Waals surface area contributed by atoms with Gasteiger partial charge in [-0.1, -0.05) is 0 Å². The minimum atomic E-state index is -0.297. The molecule has 0 aromatic carbocycles. The van der Waals surface area contributed by atoms with Gasteiger partial charge >= 0.3 is 5.69 Å². The van der Waals surface area contributed by atoms with E-state index in [1.807, 2.05) is 0 Å². The predicted octanol–water partition coefficient (Wildman–Crippen LogP) is -0.644. The molecule has 1 aromatic rings. The summed E-state index contributed by atoms with van der Waals surface area (Å²) in [5.41, 5.74) is -0.230. The van der Waals surface area contributed by atoms with E-state index in [1.165, 1.54) is 17.9 Å². The van der Waals surface area contributed by atoms with Crippen LogP contribution in [0.25, 0.3) is 0 Å². The second-order valence-electron chi connectivity index (χ2n) is 2.46. The molecule has 0 aliphatic rings. The highest BCUT2D eigenvalue weighted by atomic mass is 16.5. The molecule has 1 unspecified atom stereocenters. The Kier molecular flexibility index (Phi) is 3.07. The van der Waals surface area contributed by atoms with Crippen molar-refractivity contribution in [2.24, 2.45) is 0 Å². The Hall–Kier alpha value is -1.07. The normalized spacial score (nSPS) is 13.2. The van der Waals surface area contributed by atoms with Crippen LogP contribution in [-0.2, 0) is 4.74 Å². The first kappa shape index (κ1) is 9.02. The summed E-state index contributed by atoms with van der Waals surface area (Å²) in [6.45, 7) is 0.222. The topological polar surface area (TPSA) is 67.2 Å². The van der Waals surface area contributed by atoms with Gasteiger partial charge in [0.15, 0.2) is 0 Å². The van der Waals surface area contributed by atoms with E-state index >= 15 is 0 Å². The van der Waals surface area contributed by atoms with Gasteiger partial charge in [0, 0.05) is 19.5 Å². The molecule has 1 rings (SSSR count). The standard InChI is InChI=1S/C7H12N2O3/c1-12-5-6(4-10)9-3-2-8-7(9)11/h2-3,6,10H,4-5H2,1H3,(H,8,11). The van der Waals surface area contributed by atoms with Crippen molar-refractivity contribution < 1.29 is 9.84 Å². The fourth-order valence-corrected chi connectivity index (χ4v) is 1.03. The summed E-state index contributed by atoms with van der Waals surface area (Å²) >= 11 is 0. The lowest BCUT2D eigenvalue weighted by Crippen LogP contribution is -2.27. The number of aliphatic hydroxyl groups is 1. The van der Waals surface area contributed by atoms with Crippen LogP contribution in [0.3, 0.4) is 0 Å². The number of hydrogen-bond acceptors (Lipinski definition) is 3. The van der Waals surface area contributed by atoms with Gasteiger partial charge in [-0.15, -0.1) is 0 Å². The molecule has 5 nitrogen and oxygen atoms in total. The number of hydrogen-bond donors (Lipinski definition) is 2. The number of aliphatic hydroxyl groups excluding tert-OH is 1. The molecule has 0 aliphatic carbocycles. The van der Waals surface area contributed by atoms with Crippen molar-refractivity contribution in [3.8, 4) is 0 Å². The van der Waals surface area contributed by atoms with Crippen LogP contribution in [0.15, 0.2) is 17.2 Å². The molecule has 2 N–H and O–H groups in total. The van der Waals surface area contributed by atoms with E-state index < -0.39 is 0 Å². The number of aromatic amines is 1. The third kappa shape index (κ3) is 1.75. The van der Waals surface area contributed by atoms with Crippen molar-refractivity contribution in [3.63, 3.8) is 0 Å². The fourth-order valence-electron chi connectivity index (χ4n) is 1.03. The molecule has 0 radical (unpaired) electrons. The third-order valence-corrected chi connectivity index (χ3v) is 1.64. The van der Waals surface area contributed by atoms with Gasteiger partial charge in [0.1, 0.15) is 0 Å². The van der Waals surface area contributed by atoms with Crippen LogP contribution in [0.2, 0.25) is 0 Å². The Morgan fingerprint density at radius 2 is 2.58 bits per heavy atom. The Balaban J connectivity index is 2.79. The first-order valence-electron chi connectivity index (χ1n) is 3.65. The molecule has 0 spiro atoms. The van der Waals surface area contributed by atoms with Gasteiger partial charge in [-0.25, -0.2) is 4.79 Å². The third-order valence-electron chi connectivity index (χ3n) is 1.64. The zero-order chi connectivity index (χ0) is 8.97. The minimum absolute atomic E-state index is 0.106. The number of aromatic nitrogens is 2. The summed E-state index contributed by atoms with van der Waals surface area (Å²) in [6, 6.07) is -0.297. The Morgan fingerprint density at radius 1 is 1.83 bits per heavy atom. The summed E-state index contributed by atoms with van der Waals surface area (Å²) in [5.74, 6) is 0. The quantitative estimate of drug-likeness (QED) is 0.634. The average Bonchev–Trinajstić information content (AvgIpc) is 2.47.